The second-order valence-corrected chi connectivity index (χ2v) is 5.32. The van der Waals surface area contributed by atoms with Crippen molar-refractivity contribution < 1.29 is 23.1 Å². The van der Waals surface area contributed by atoms with Crippen LogP contribution in [0.4, 0.5) is 18.0 Å². The first-order chi connectivity index (χ1) is 11.4. The van der Waals surface area contributed by atoms with Crippen molar-refractivity contribution in [3.8, 4) is 0 Å². The zero-order chi connectivity index (χ0) is 17.7. The van der Waals surface area contributed by atoms with Gasteiger partial charge in [0, 0.05) is 6.54 Å². The van der Waals surface area contributed by atoms with E-state index in [4.69, 9.17) is 0 Å². The number of aliphatic hydroxyl groups is 1. The van der Waals surface area contributed by atoms with Crippen LogP contribution < -0.4 is 10.6 Å². The lowest BCUT2D eigenvalue weighted by Gasteiger charge is -2.17. The van der Waals surface area contributed by atoms with Gasteiger partial charge in [0.1, 0.15) is 5.82 Å². The normalized spacial score (nSPS) is 13.2. The number of nitrogens with one attached hydrogen (secondary N) is 2. The lowest BCUT2D eigenvalue weighted by atomic mass is 10.1. The molecule has 0 spiro atoms. The van der Waals surface area contributed by atoms with Crippen molar-refractivity contribution in [3.63, 3.8) is 0 Å². The van der Waals surface area contributed by atoms with E-state index in [1.54, 1.807) is 6.92 Å². The minimum atomic E-state index is -1.06. The summed E-state index contributed by atoms with van der Waals surface area (Å²) in [5.41, 5.74) is 0.735. The Bertz CT molecular complexity index is 725. The number of halogens is 3. The number of urea groups is 1. The number of aliphatic hydroxyl groups excluding tert-OH is 1. The summed E-state index contributed by atoms with van der Waals surface area (Å²) in [5.74, 6) is -2.44. The molecule has 4 nitrogen and oxygen atoms in total. The second-order valence-electron chi connectivity index (χ2n) is 5.32. The van der Waals surface area contributed by atoms with Crippen LogP contribution in [0.1, 0.15) is 30.2 Å². The van der Waals surface area contributed by atoms with Crippen LogP contribution in [0.3, 0.4) is 0 Å². The first-order valence-corrected chi connectivity index (χ1v) is 7.29. The summed E-state index contributed by atoms with van der Waals surface area (Å²) < 4.78 is 39.2. The van der Waals surface area contributed by atoms with Gasteiger partial charge in [-0.2, -0.15) is 0 Å². The molecule has 128 valence electrons. The van der Waals surface area contributed by atoms with Crippen molar-refractivity contribution in [2.24, 2.45) is 0 Å². The van der Waals surface area contributed by atoms with Crippen molar-refractivity contribution in [3.05, 3.63) is 71.0 Å². The molecule has 0 radical (unpaired) electrons. The molecule has 0 bridgehead atoms. The highest BCUT2D eigenvalue weighted by Gasteiger charge is 2.14. The molecule has 3 N–H and O–H groups in total. The predicted molar refractivity (Wildman–Crippen MR) is 82.7 cm³/mol. The minimum Gasteiger partial charge on any atom is -0.387 e. The maximum atomic E-state index is 13.2. The zero-order valence-corrected chi connectivity index (χ0v) is 12.9. The number of hydrogen-bond donors (Lipinski definition) is 3. The van der Waals surface area contributed by atoms with Gasteiger partial charge in [0.2, 0.25) is 0 Å². The van der Waals surface area contributed by atoms with Crippen LogP contribution in [-0.4, -0.2) is 17.7 Å². The number of benzene rings is 2. The van der Waals surface area contributed by atoms with Crippen LogP contribution in [-0.2, 0) is 0 Å². The summed E-state index contributed by atoms with van der Waals surface area (Å²) in [4.78, 5) is 11.8. The Labute approximate surface area is 137 Å². The van der Waals surface area contributed by atoms with E-state index >= 15 is 0 Å². The number of rotatable bonds is 5. The fourth-order valence-corrected chi connectivity index (χ4v) is 2.13. The third kappa shape index (κ3) is 4.73. The molecule has 0 aliphatic rings. The Morgan fingerprint density at radius 3 is 2.50 bits per heavy atom. The van der Waals surface area contributed by atoms with Crippen LogP contribution in [0.25, 0.3) is 0 Å². The Kier molecular flexibility index (Phi) is 5.81. The van der Waals surface area contributed by atoms with Gasteiger partial charge < -0.3 is 15.7 Å². The van der Waals surface area contributed by atoms with Gasteiger partial charge in [0.25, 0.3) is 0 Å². The maximum Gasteiger partial charge on any atom is 0.315 e. The molecule has 0 heterocycles. The van der Waals surface area contributed by atoms with Crippen molar-refractivity contribution in [1.82, 2.24) is 10.6 Å². The third-order valence-corrected chi connectivity index (χ3v) is 3.48. The number of carbonyl (C=O) groups excluding carboxylic acids is 1. The maximum absolute atomic E-state index is 13.2. The van der Waals surface area contributed by atoms with Crippen LogP contribution >= 0.6 is 0 Å². The predicted octanol–water partition coefficient (Wildman–Crippen LogP) is 3.20. The summed E-state index contributed by atoms with van der Waals surface area (Å²) in [6.07, 6.45) is -1.06. The van der Waals surface area contributed by atoms with Crippen molar-refractivity contribution in [2.75, 3.05) is 6.54 Å². The molecule has 0 aliphatic carbocycles. The molecule has 24 heavy (non-hydrogen) atoms. The highest BCUT2D eigenvalue weighted by atomic mass is 19.2. The number of hydrogen-bond acceptors (Lipinski definition) is 2. The lowest BCUT2D eigenvalue weighted by molar-refractivity contribution is 0.172. The summed E-state index contributed by atoms with van der Waals surface area (Å²) in [5, 5.41) is 14.9. The Morgan fingerprint density at radius 2 is 1.83 bits per heavy atom. The van der Waals surface area contributed by atoms with Gasteiger partial charge in [-0.1, -0.05) is 18.2 Å². The highest BCUT2D eigenvalue weighted by Crippen LogP contribution is 2.16. The fraction of sp³-hybridized carbons (Fsp3) is 0.235. The molecule has 0 saturated heterocycles. The summed E-state index contributed by atoms with van der Waals surface area (Å²) in [6.45, 7) is 1.48. The van der Waals surface area contributed by atoms with Crippen molar-refractivity contribution in [2.45, 2.75) is 19.1 Å². The van der Waals surface area contributed by atoms with Crippen molar-refractivity contribution >= 4 is 6.03 Å². The summed E-state index contributed by atoms with van der Waals surface area (Å²) >= 11 is 0. The van der Waals surface area contributed by atoms with Gasteiger partial charge in [-0.15, -0.1) is 0 Å². The van der Waals surface area contributed by atoms with Gasteiger partial charge in [-0.05, 0) is 42.3 Å². The van der Waals surface area contributed by atoms with E-state index in [9.17, 15) is 23.1 Å². The second kappa shape index (κ2) is 7.83. The monoisotopic (exact) mass is 338 g/mol. The average molecular weight is 338 g/mol. The molecule has 2 aromatic carbocycles. The highest BCUT2D eigenvalue weighted by molar-refractivity contribution is 5.74. The van der Waals surface area contributed by atoms with Gasteiger partial charge in [0.05, 0.1) is 12.1 Å². The number of amides is 2. The molecule has 0 fully saturated rings. The van der Waals surface area contributed by atoms with E-state index in [1.165, 1.54) is 30.3 Å². The molecule has 2 amide bonds. The fourth-order valence-electron chi connectivity index (χ4n) is 2.13. The largest absolute Gasteiger partial charge is 0.387 e. The van der Waals surface area contributed by atoms with Gasteiger partial charge in [-0.25, -0.2) is 18.0 Å². The third-order valence-electron chi connectivity index (χ3n) is 3.48. The van der Waals surface area contributed by atoms with Gasteiger partial charge in [-0.3, -0.25) is 0 Å². The van der Waals surface area contributed by atoms with E-state index < -0.39 is 35.6 Å². The first-order valence-electron chi connectivity index (χ1n) is 7.29. The van der Waals surface area contributed by atoms with Gasteiger partial charge >= 0.3 is 6.03 Å². The molecular formula is C17H17F3N2O2. The molecule has 0 unspecified atom stereocenters. The van der Waals surface area contributed by atoms with E-state index in [0.29, 0.717) is 11.1 Å². The summed E-state index contributed by atoms with van der Waals surface area (Å²) in [6, 6.07) is 7.61. The van der Waals surface area contributed by atoms with Crippen LogP contribution in [0.15, 0.2) is 42.5 Å². The van der Waals surface area contributed by atoms with Crippen LogP contribution in [0, 0.1) is 17.5 Å². The van der Waals surface area contributed by atoms with Crippen LogP contribution in [0.2, 0.25) is 0 Å². The molecule has 0 saturated carbocycles. The molecule has 2 atom stereocenters. The molecule has 2 aromatic rings. The van der Waals surface area contributed by atoms with E-state index in [-0.39, 0.29) is 6.54 Å². The van der Waals surface area contributed by atoms with E-state index in [0.717, 1.165) is 12.1 Å². The standard InChI is InChI=1S/C17H17F3N2O2/c1-10(11-5-6-14(19)15(20)8-11)22-17(24)21-9-16(23)12-3-2-4-13(18)7-12/h2-8,10,16,23H,9H2,1H3,(H2,21,22,24)/t10-,16+/m1/s1. The SMILES string of the molecule is C[C@@H](NC(=O)NC[C@H](O)c1cccc(F)c1)c1ccc(F)c(F)c1. The molecular weight excluding hydrogens is 321 g/mol. The van der Waals surface area contributed by atoms with E-state index in [2.05, 4.69) is 10.6 Å². The number of carbonyl (C=O) groups is 1. The molecule has 0 aliphatic heterocycles. The Hall–Kier alpha value is -2.54. The lowest BCUT2D eigenvalue weighted by Crippen LogP contribution is -2.39. The molecule has 7 heteroatoms. The molecule has 2 rings (SSSR count). The zero-order valence-electron chi connectivity index (χ0n) is 12.9. The average Bonchev–Trinajstić information content (AvgIpc) is 2.55. The Balaban J connectivity index is 1.87. The van der Waals surface area contributed by atoms with Crippen molar-refractivity contribution in [1.29, 1.82) is 0 Å². The van der Waals surface area contributed by atoms with Crippen LogP contribution in [0.5, 0.6) is 0 Å². The quantitative estimate of drug-likeness (QED) is 0.784. The molecule has 0 aromatic heterocycles. The van der Waals surface area contributed by atoms with E-state index in [1.807, 2.05) is 0 Å². The Morgan fingerprint density at radius 1 is 1.08 bits per heavy atom. The summed E-state index contributed by atoms with van der Waals surface area (Å²) in [7, 11) is 0. The minimum absolute atomic E-state index is 0.125. The topological polar surface area (TPSA) is 61.4 Å². The van der Waals surface area contributed by atoms with Gasteiger partial charge in [0.15, 0.2) is 11.6 Å². The first kappa shape index (κ1) is 17.8. The smallest absolute Gasteiger partial charge is 0.315 e.